The van der Waals surface area contributed by atoms with Gasteiger partial charge in [-0.25, -0.2) is 0 Å². The van der Waals surface area contributed by atoms with Crippen LogP contribution in [-0.4, -0.2) is 51.0 Å². The number of hydrogen-bond donors (Lipinski definition) is 1. The Hall–Kier alpha value is -3.16. The van der Waals surface area contributed by atoms with Crippen molar-refractivity contribution in [2.24, 2.45) is 0 Å². The quantitative estimate of drug-likeness (QED) is 0.752. The number of ether oxygens (including phenoxy) is 1. The maximum atomic E-state index is 12.7. The Kier molecular flexibility index (Phi) is 3.88. The molecule has 27 heavy (non-hydrogen) atoms. The highest BCUT2D eigenvalue weighted by atomic mass is 16.5. The lowest BCUT2D eigenvalue weighted by atomic mass is 10.0. The predicted octanol–water partition coefficient (Wildman–Crippen LogP) is 1.21. The van der Waals surface area contributed by atoms with Gasteiger partial charge in [-0.05, 0) is 43.0 Å². The van der Waals surface area contributed by atoms with Gasteiger partial charge in [-0.1, -0.05) is 18.2 Å². The van der Waals surface area contributed by atoms with Gasteiger partial charge >= 0.3 is 0 Å². The Labute approximate surface area is 156 Å². The molecule has 8 nitrogen and oxygen atoms in total. The van der Waals surface area contributed by atoms with Crippen LogP contribution in [0.15, 0.2) is 42.7 Å². The van der Waals surface area contributed by atoms with Crippen LogP contribution >= 0.6 is 0 Å². The second-order valence-corrected chi connectivity index (χ2v) is 7.02. The zero-order valence-corrected chi connectivity index (χ0v) is 14.8. The van der Waals surface area contributed by atoms with E-state index in [1.165, 1.54) is 5.56 Å². The third-order valence-electron chi connectivity index (χ3n) is 5.22. The van der Waals surface area contributed by atoms with Crippen LogP contribution in [0.1, 0.15) is 18.4 Å². The normalized spacial score (nSPS) is 21.7. The topological polar surface area (TPSA) is 84.7 Å². The highest BCUT2D eigenvalue weighted by molar-refractivity contribution is 5.82. The number of para-hydroxylation sites is 1. The first-order valence-electron chi connectivity index (χ1n) is 9.23. The molecular weight excluding hydrogens is 344 g/mol. The average Bonchev–Trinajstić information content (AvgIpc) is 3.36. The molecule has 1 saturated heterocycles. The smallest absolute Gasteiger partial charge is 0.261 e. The number of anilines is 1. The monoisotopic (exact) mass is 364 g/mol. The van der Waals surface area contributed by atoms with Gasteiger partial charge in [-0.3, -0.25) is 4.79 Å². The third kappa shape index (κ3) is 3.07. The zero-order chi connectivity index (χ0) is 18.2. The summed E-state index contributed by atoms with van der Waals surface area (Å²) in [5, 5.41) is 15.5. The molecule has 3 aromatic rings. The molecule has 0 spiro atoms. The second-order valence-electron chi connectivity index (χ2n) is 7.02. The van der Waals surface area contributed by atoms with Gasteiger partial charge in [0.2, 0.25) is 0 Å². The van der Waals surface area contributed by atoms with E-state index < -0.39 is 6.10 Å². The van der Waals surface area contributed by atoms with E-state index in [1.807, 2.05) is 30.3 Å². The number of nitrogens with one attached hydrogen (secondary N) is 1. The molecule has 0 saturated carbocycles. The van der Waals surface area contributed by atoms with E-state index in [9.17, 15) is 4.79 Å². The average molecular weight is 364 g/mol. The molecule has 2 aliphatic rings. The van der Waals surface area contributed by atoms with Crippen LogP contribution in [-0.2, 0) is 11.2 Å². The number of hydrogen-bond acceptors (Lipinski definition) is 6. The Balaban J connectivity index is 1.21. The molecule has 2 aromatic heterocycles. The van der Waals surface area contributed by atoms with Crippen LogP contribution < -0.4 is 15.0 Å². The number of rotatable bonds is 3. The van der Waals surface area contributed by atoms with E-state index in [1.54, 1.807) is 10.8 Å². The van der Waals surface area contributed by atoms with Crippen LogP contribution in [0.25, 0.3) is 5.65 Å². The lowest BCUT2D eigenvalue weighted by Crippen LogP contribution is -2.46. The highest BCUT2D eigenvalue weighted by Gasteiger charge is 2.30. The maximum absolute atomic E-state index is 12.7. The first-order valence-corrected chi connectivity index (χ1v) is 9.23. The van der Waals surface area contributed by atoms with E-state index in [2.05, 4.69) is 31.6 Å². The maximum Gasteiger partial charge on any atom is 0.261 e. The molecule has 1 aromatic carbocycles. The summed E-state index contributed by atoms with van der Waals surface area (Å²) >= 11 is 0. The first-order chi connectivity index (χ1) is 13.3. The molecule has 1 amide bonds. The molecule has 1 fully saturated rings. The fourth-order valence-corrected chi connectivity index (χ4v) is 3.78. The van der Waals surface area contributed by atoms with Gasteiger partial charge in [0.05, 0.1) is 0 Å². The zero-order valence-electron chi connectivity index (χ0n) is 14.8. The molecular formula is C19H20N6O2. The summed E-state index contributed by atoms with van der Waals surface area (Å²) < 4.78 is 7.56. The van der Waals surface area contributed by atoms with E-state index in [4.69, 9.17) is 4.74 Å². The number of carbonyl (C=O) groups is 1. The summed E-state index contributed by atoms with van der Waals surface area (Å²) in [5.74, 6) is 1.66. The molecule has 2 aliphatic heterocycles. The van der Waals surface area contributed by atoms with Gasteiger partial charge in [-0.2, -0.15) is 4.52 Å². The Bertz CT molecular complexity index is 987. The molecule has 5 rings (SSSR count). The largest absolute Gasteiger partial charge is 0.480 e. The minimum atomic E-state index is -0.416. The van der Waals surface area contributed by atoms with Crippen molar-refractivity contribution in [3.63, 3.8) is 0 Å². The summed E-state index contributed by atoms with van der Waals surface area (Å²) in [4.78, 5) is 14.8. The molecule has 0 aliphatic carbocycles. The molecule has 0 unspecified atom stereocenters. The molecule has 0 radical (unpaired) electrons. The van der Waals surface area contributed by atoms with Gasteiger partial charge in [0, 0.05) is 19.1 Å². The molecule has 8 heteroatoms. The minimum Gasteiger partial charge on any atom is -0.480 e. The molecule has 0 bridgehead atoms. The lowest BCUT2D eigenvalue weighted by molar-refractivity contribution is -0.129. The van der Waals surface area contributed by atoms with E-state index >= 15 is 0 Å². The number of fused-ring (bicyclic) bond motifs is 2. The number of carbonyl (C=O) groups excluding carboxylic acids is 1. The standard InChI is InChI=1S/C19H20N6O2/c26-19(16-6-5-13-3-1-2-4-15(13)27-16)21-14-9-10-24(11-14)18-8-7-17-22-20-12-25(17)23-18/h1-4,7-8,12,14,16H,5-6,9-11H2,(H,21,26)/t14-,16-/m1/s1. The van der Waals surface area contributed by atoms with Crippen molar-refractivity contribution in [2.75, 3.05) is 18.0 Å². The van der Waals surface area contributed by atoms with Crippen molar-refractivity contribution in [1.29, 1.82) is 0 Å². The number of amides is 1. The number of aryl methyl sites for hydroxylation is 1. The van der Waals surface area contributed by atoms with Crippen LogP contribution in [0.4, 0.5) is 5.82 Å². The fourth-order valence-electron chi connectivity index (χ4n) is 3.78. The van der Waals surface area contributed by atoms with Crippen LogP contribution in [0.2, 0.25) is 0 Å². The van der Waals surface area contributed by atoms with Gasteiger partial charge in [-0.15, -0.1) is 15.3 Å². The Morgan fingerprint density at radius 1 is 1.19 bits per heavy atom. The Morgan fingerprint density at radius 2 is 2.11 bits per heavy atom. The predicted molar refractivity (Wildman–Crippen MR) is 98.7 cm³/mol. The van der Waals surface area contributed by atoms with Crippen LogP contribution in [0.5, 0.6) is 5.75 Å². The van der Waals surface area contributed by atoms with Gasteiger partial charge < -0.3 is 15.0 Å². The SMILES string of the molecule is O=C(N[C@@H]1CCN(c2ccc3nncn3n2)C1)[C@H]1CCc2ccccc2O1. The van der Waals surface area contributed by atoms with Crippen molar-refractivity contribution in [3.8, 4) is 5.75 Å². The summed E-state index contributed by atoms with van der Waals surface area (Å²) in [6.07, 6.45) is 3.64. The van der Waals surface area contributed by atoms with Crippen molar-refractivity contribution < 1.29 is 9.53 Å². The highest BCUT2D eigenvalue weighted by Crippen LogP contribution is 2.27. The number of benzene rings is 1. The van der Waals surface area contributed by atoms with Crippen molar-refractivity contribution >= 4 is 17.4 Å². The van der Waals surface area contributed by atoms with Gasteiger partial charge in [0.15, 0.2) is 11.8 Å². The number of aromatic nitrogens is 4. The number of nitrogens with zero attached hydrogens (tertiary/aromatic N) is 5. The van der Waals surface area contributed by atoms with Crippen molar-refractivity contribution in [3.05, 3.63) is 48.3 Å². The summed E-state index contributed by atoms with van der Waals surface area (Å²) in [6, 6.07) is 11.9. The fraction of sp³-hybridized carbons (Fsp3) is 0.368. The van der Waals surface area contributed by atoms with Crippen molar-refractivity contribution in [2.45, 2.75) is 31.4 Å². The summed E-state index contributed by atoms with van der Waals surface area (Å²) in [6.45, 7) is 1.58. The second kappa shape index (κ2) is 6.53. The summed E-state index contributed by atoms with van der Waals surface area (Å²) in [7, 11) is 0. The van der Waals surface area contributed by atoms with Crippen LogP contribution in [0, 0.1) is 0 Å². The minimum absolute atomic E-state index is 0.0291. The van der Waals surface area contributed by atoms with Gasteiger partial charge in [0.1, 0.15) is 17.9 Å². The van der Waals surface area contributed by atoms with Crippen LogP contribution in [0.3, 0.4) is 0 Å². The third-order valence-corrected chi connectivity index (χ3v) is 5.22. The lowest BCUT2D eigenvalue weighted by Gasteiger charge is -2.26. The van der Waals surface area contributed by atoms with E-state index in [0.717, 1.165) is 43.1 Å². The molecule has 4 heterocycles. The Morgan fingerprint density at radius 3 is 3.07 bits per heavy atom. The molecule has 1 N–H and O–H groups in total. The van der Waals surface area contributed by atoms with Crippen molar-refractivity contribution in [1.82, 2.24) is 25.1 Å². The first kappa shape index (κ1) is 16.0. The summed E-state index contributed by atoms with van der Waals surface area (Å²) in [5.41, 5.74) is 1.89. The molecule has 2 atom stereocenters. The molecule has 138 valence electrons. The van der Waals surface area contributed by atoms with Gasteiger partial charge in [0.25, 0.3) is 5.91 Å². The van der Waals surface area contributed by atoms with E-state index in [0.29, 0.717) is 6.42 Å². The van der Waals surface area contributed by atoms with E-state index in [-0.39, 0.29) is 11.9 Å².